The molecule has 2 aromatic rings. The summed E-state index contributed by atoms with van der Waals surface area (Å²) in [5.41, 5.74) is 6.63. The van der Waals surface area contributed by atoms with Gasteiger partial charge in [0, 0.05) is 19.5 Å². The van der Waals surface area contributed by atoms with Crippen LogP contribution in [0.4, 0.5) is 4.79 Å². The highest BCUT2D eigenvalue weighted by molar-refractivity contribution is 5.76. The predicted molar refractivity (Wildman–Crippen MR) is 68.5 cm³/mol. The minimum atomic E-state index is -0.509. The number of imidazole rings is 1. The molecule has 1 aliphatic rings. The van der Waals surface area contributed by atoms with Gasteiger partial charge in [-0.2, -0.15) is 0 Å². The first kappa shape index (κ1) is 12.0. The minimum absolute atomic E-state index is 0.509. The molecular formula is C13H16N4O2. The van der Waals surface area contributed by atoms with Crippen molar-refractivity contribution in [2.24, 2.45) is 11.7 Å². The molecular weight excluding hydrogens is 244 g/mol. The highest BCUT2D eigenvalue weighted by Gasteiger charge is 2.23. The van der Waals surface area contributed by atoms with Gasteiger partial charge in [0.15, 0.2) is 5.89 Å². The van der Waals surface area contributed by atoms with Gasteiger partial charge in [-0.05, 0) is 12.3 Å². The molecule has 2 heterocycles. The molecule has 19 heavy (non-hydrogen) atoms. The van der Waals surface area contributed by atoms with E-state index in [0.717, 1.165) is 18.8 Å². The number of primary amides is 1. The largest absolute Gasteiger partial charge is 0.449 e. The van der Waals surface area contributed by atoms with E-state index >= 15 is 0 Å². The Balaban J connectivity index is 1.88. The summed E-state index contributed by atoms with van der Waals surface area (Å²) in [5.74, 6) is 2.06. The predicted octanol–water partition coefficient (Wildman–Crippen LogP) is 2.12. The third kappa shape index (κ3) is 2.52. The number of carbonyl (C=O) groups excluding carboxylic acids is 1. The summed E-state index contributed by atoms with van der Waals surface area (Å²) in [7, 11) is 0. The fraction of sp³-hybridized carbons (Fsp3) is 0.462. The fourth-order valence-corrected chi connectivity index (χ4v) is 2.13. The number of nitrogens with two attached hydrogens (primary N) is 1. The van der Waals surface area contributed by atoms with Gasteiger partial charge in [0.05, 0.1) is 0 Å². The lowest BCUT2D eigenvalue weighted by molar-refractivity contribution is 0.249. The van der Waals surface area contributed by atoms with Gasteiger partial charge in [-0.25, -0.2) is 14.8 Å². The second-order valence-electron chi connectivity index (χ2n) is 4.98. The maximum atomic E-state index is 11.4. The third-order valence-electron chi connectivity index (χ3n) is 3.37. The standard InChI is InChI=1S/C13H16N4O2/c1-8-15-11(7-19-8)10-6-17(13(14)18)12(16-10)5-4-9-2-3-9/h6-7,9H,2-5H2,1H3,(H2,14,18). The highest BCUT2D eigenvalue weighted by atomic mass is 16.3. The first-order valence-corrected chi connectivity index (χ1v) is 6.44. The van der Waals surface area contributed by atoms with Crippen molar-refractivity contribution in [2.75, 3.05) is 0 Å². The molecule has 0 unspecified atom stereocenters. The average molecular weight is 260 g/mol. The molecule has 0 bridgehead atoms. The van der Waals surface area contributed by atoms with Gasteiger partial charge in [0.1, 0.15) is 23.5 Å². The molecule has 3 rings (SSSR count). The molecule has 0 spiro atoms. The Morgan fingerprint density at radius 3 is 2.84 bits per heavy atom. The van der Waals surface area contributed by atoms with Crippen molar-refractivity contribution in [3.63, 3.8) is 0 Å². The molecule has 1 aliphatic carbocycles. The van der Waals surface area contributed by atoms with Gasteiger partial charge in [-0.3, -0.25) is 4.57 Å². The lowest BCUT2D eigenvalue weighted by Gasteiger charge is -2.01. The number of aromatic nitrogens is 3. The molecule has 6 nitrogen and oxygen atoms in total. The zero-order valence-corrected chi connectivity index (χ0v) is 10.8. The average Bonchev–Trinajstić information content (AvgIpc) is 2.93. The van der Waals surface area contributed by atoms with E-state index in [-0.39, 0.29) is 0 Å². The molecule has 1 amide bonds. The molecule has 2 aromatic heterocycles. The SMILES string of the molecule is Cc1nc(-c2cn(C(N)=O)c(CCC3CC3)n2)co1. The molecule has 1 saturated carbocycles. The topological polar surface area (TPSA) is 86.9 Å². The van der Waals surface area contributed by atoms with Crippen molar-refractivity contribution in [1.82, 2.24) is 14.5 Å². The number of hydrogen-bond acceptors (Lipinski definition) is 4. The zero-order valence-electron chi connectivity index (χ0n) is 10.8. The minimum Gasteiger partial charge on any atom is -0.449 e. The Kier molecular flexibility index (Phi) is 2.85. The van der Waals surface area contributed by atoms with Crippen molar-refractivity contribution < 1.29 is 9.21 Å². The zero-order chi connectivity index (χ0) is 13.4. The van der Waals surface area contributed by atoms with Crippen LogP contribution in [-0.2, 0) is 6.42 Å². The first-order chi connectivity index (χ1) is 9.13. The summed E-state index contributed by atoms with van der Waals surface area (Å²) in [4.78, 5) is 20.1. The Morgan fingerprint density at radius 1 is 1.47 bits per heavy atom. The van der Waals surface area contributed by atoms with Gasteiger partial charge in [-0.15, -0.1) is 0 Å². The normalized spacial score (nSPS) is 14.8. The van der Waals surface area contributed by atoms with Crippen LogP contribution in [0.3, 0.4) is 0 Å². The van der Waals surface area contributed by atoms with Crippen LogP contribution in [0.1, 0.15) is 31.0 Å². The molecule has 0 atom stereocenters. The van der Waals surface area contributed by atoms with E-state index in [1.54, 1.807) is 13.1 Å². The Morgan fingerprint density at radius 2 is 2.26 bits per heavy atom. The maximum absolute atomic E-state index is 11.4. The lowest BCUT2D eigenvalue weighted by atomic mass is 10.2. The number of nitrogens with zero attached hydrogens (tertiary/aromatic N) is 3. The van der Waals surface area contributed by atoms with Gasteiger partial charge in [0.25, 0.3) is 0 Å². The van der Waals surface area contributed by atoms with E-state index in [1.165, 1.54) is 23.7 Å². The van der Waals surface area contributed by atoms with Gasteiger partial charge >= 0.3 is 6.03 Å². The highest BCUT2D eigenvalue weighted by Crippen LogP contribution is 2.33. The summed E-state index contributed by atoms with van der Waals surface area (Å²) >= 11 is 0. The van der Waals surface area contributed by atoms with Crippen LogP contribution < -0.4 is 5.73 Å². The van der Waals surface area contributed by atoms with E-state index in [9.17, 15) is 4.79 Å². The van der Waals surface area contributed by atoms with E-state index in [0.29, 0.717) is 23.1 Å². The second-order valence-corrected chi connectivity index (χ2v) is 4.98. The van der Waals surface area contributed by atoms with E-state index in [2.05, 4.69) is 9.97 Å². The van der Waals surface area contributed by atoms with Crippen molar-refractivity contribution in [1.29, 1.82) is 0 Å². The van der Waals surface area contributed by atoms with Crippen LogP contribution >= 0.6 is 0 Å². The lowest BCUT2D eigenvalue weighted by Crippen LogP contribution is -2.21. The molecule has 0 aliphatic heterocycles. The first-order valence-electron chi connectivity index (χ1n) is 6.44. The van der Waals surface area contributed by atoms with Crippen LogP contribution in [0, 0.1) is 12.8 Å². The molecule has 0 radical (unpaired) electrons. The molecule has 6 heteroatoms. The quantitative estimate of drug-likeness (QED) is 0.912. The Bertz CT molecular complexity index is 610. The van der Waals surface area contributed by atoms with Crippen LogP contribution in [0.2, 0.25) is 0 Å². The van der Waals surface area contributed by atoms with Gasteiger partial charge in [-0.1, -0.05) is 12.8 Å². The summed E-state index contributed by atoms with van der Waals surface area (Å²) in [6.45, 7) is 1.77. The monoisotopic (exact) mass is 260 g/mol. The number of carbonyl (C=O) groups is 1. The second kappa shape index (κ2) is 4.53. The summed E-state index contributed by atoms with van der Waals surface area (Å²) in [6, 6.07) is -0.509. The van der Waals surface area contributed by atoms with E-state index in [1.807, 2.05) is 0 Å². The molecule has 2 N–H and O–H groups in total. The third-order valence-corrected chi connectivity index (χ3v) is 3.37. The van der Waals surface area contributed by atoms with Crippen molar-refractivity contribution in [3.8, 4) is 11.4 Å². The van der Waals surface area contributed by atoms with Gasteiger partial charge in [0.2, 0.25) is 0 Å². The molecule has 0 saturated heterocycles. The van der Waals surface area contributed by atoms with Crippen LogP contribution in [0.15, 0.2) is 16.9 Å². The van der Waals surface area contributed by atoms with Gasteiger partial charge < -0.3 is 10.2 Å². The number of rotatable bonds is 4. The van der Waals surface area contributed by atoms with Crippen LogP contribution in [-0.4, -0.2) is 20.6 Å². The van der Waals surface area contributed by atoms with E-state index in [4.69, 9.17) is 10.2 Å². The maximum Gasteiger partial charge on any atom is 0.324 e. The van der Waals surface area contributed by atoms with E-state index < -0.39 is 6.03 Å². The Hall–Kier alpha value is -2.11. The van der Waals surface area contributed by atoms with Crippen molar-refractivity contribution >= 4 is 6.03 Å². The smallest absolute Gasteiger partial charge is 0.324 e. The van der Waals surface area contributed by atoms with Crippen LogP contribution in [0.25, 0.3) is 11.4 Å². The molecule has 0 aromatic carbocycles. The molecule has 100 valence electrons. The number of aryl methyl sites for hydroxylation is 2. The Labute approximate surface area is 110 Å². The summed E-state index contributed by atoms with van der Waals surface area (Å²) in [6.07, 6.45) is 7.56. The number of oxazole rings is 1. The van der Waals surface area contributed by atoms with Crippen molar-refractivity contribution in [3.05, 3.63) is 24.2 Å². The summed E-state index contributed by atoms with van der Waals surface area (Å²) in [5, 5.41) is 0. The number of hydrogen-bond donors (Lipinski definition) is 1. The fourth-order valence-electron chi connectivity index (χ4n) is 2.13. The number of amides is 1. The van der Waals surface area contributed by atoms with Crippen molar-refractivity contribution in [2.45, 2.75) is 32.6 Å². The van der Waals surface area contributed by atoms with Crippen LogP contribution in [0.5, 0.6) is 0 Å². The summed E-state index contributed by atoms with van der Waals surface area (Å²) < 4.78 is 6.56. The molecule has 1 fully saturated rings.